The number of hydrogen-bond donors (Lipinski definition) is 1. The molecule has 2 aliphatic carbocycles. The molecule has 5 rings (SSSR count). The second-order valence-corrected chi connectivity index (χ2v) is 10.4. The summed E-state index contributed by atoms with van der Waals surface area (Å²) in [5.41, 5.74) is 0.368. The fraction of sp³-hybridized carbons (Fsp3) is 0.259. The zero-order chi connectivity index (χ0) is 27.0. The van der Waals surface area contributed by atoms with Crippen LogP contribution in [0.1, 0.15) is 36.8 Å². The van der Waals surface area contributed by atoms with Gasteiger partial charge in [-0.3, -0.25) is 29.9 Å². The van der Waals surface area contributed by atoms with Crippen LogP contribution >= 0.6 is 15.9 Å². The molecule has 194 valence electrons. The zero-order valence-electron chi connectivity index (χ0n) is 20.0. The average Bonchev–Trinajstić information content (AvgIpc) is 3.51. The molecule has 10 nitrogen and oxygen atoms in total. The van der Waals surface area contributed by atoms with Gasteiger partial charge in [0, 0.05) is 34.3 Å². The van der Waals surface area contributed by atoms with E-state index in [1.54, 1.807) is 18.2 Å². The van der Waals surface area contributed by atoms with Gasteiger partial charge in [0.05, 0.1) is 4.92 Å². The molecule has 3 atom stereocenters. The SMILES string of the molecule is O=C(/C=C/c1cccc([N+](=O)[O-])c1)Oc1ccc(Br)cc1/C=C1/C(=O)NC(=O)N([C@@H]2C[C@H]3CC[C@H]2C3)C1=O. The summed E-state index contributed by atoms with van der Waals surface area (Å²) in [6.07, 6.45) is 7.56. The van der Waals surface area contributed by atoms with Crippen molar-refractivity contribution in [3.8, 4) is 5.75 Å². The van der Waals surface area contributed by atoms with Gasteiger partial charge in [-0.05, 0) is 67.0 Å². The number of nitrogens with one attached hydrogen (secondary N) is 1. The van der Waals surface area contributed by atoms with Crippen molar-refractivity contribution in [1.82, 2.24) is 10.2 Å². The normalized spacial score (nSPS) is 23.8. The Morgan fingerprint density at radius 2 is 1.95 bits per heavy atom. The summed E-state index contributed by atoms with van der Waals surface area (Å²) in [5.74, 6) is -1.44. The van der Waals surface area contributed by atoms with Crippen LogP contribution in [0.3, 0.4) is 0 Å². The second-order valence-electron chi connectivity index (χ2n) is 9.52. The van der Waals surface area contributed by atoms with Gasteiger partial charge in [-0.15, -0.1) is 0 Å². The summed E-state index contributed by atoms with van der Waals surface area (Å²) < 4.78 is 6.06. The molecule has 3 fully saturated rings. The van der Waals surface area contributed by atoms with Crippen molar-refractivity contribution in [2.75, 3.05) is 0 Å². The van der Waals surface area contributed by atoms with E-state index in [0.717, 1.165) is 31.8 Å². The van der Waals surface area contributed by atoms with E-state index in [1.165, 1.54) is 41.3 Å². The summed E-state index contributed by atoms with van der Waals surface area (Å²) in [5, 5.41) is 13.2. The first-order valence-electron chi connectivity index (χ1n) is 12.0. The van der Waals surface area contributed by atoms with Crippen molar-refractivity contribution >= 4 is 57.6 Å². The van der Waals surface area contributed by atoms with Crippen LogP contribution in [0.15, 0.2) is 58.6 Å². The molecule has 38 heavy (non-hydrogen) atoms. The number of fused-ring (bicyclic) bond motifs is 2. The van der Waals surface area contributed by atoms with E-state index in [0.29, 0.717) is 16.0 Å². The molecule has 0 aromatic heterocycles. The van der Waals surface area contributed by atoms with E-state index in [2.05, 4.69) is 21.2 Å². The van der Waals surface area contributed by atoms with Crippen molar-refractivity contribution in [3.63, 3.8) is 0 Å². The third kappa shape index (κ3) is 5.14. The highest BCUT2D eigenvalue weighted by Gasteiger charge is 2.49. The number of carbonyl (C=O) groups is 4. The number of halogens is 1. The second kappa shape index (κ2) is 10.3. The number of nitro benzene ring substituents is 1. The van der Waals surface area contributed by atoms with Crippen LogP contribution in [0.2, 0.25) is 0 Å². The van der Waals surface area contributed by atoms with Crippen molar-refractivity contribution in [2.24, 2.45) is 11.8 Å². The summed E-state index contributed by atoms with van der Waals surface area (Å²) in [4.78, 5) is 62.8. The number of rotatable bonds is 6. The largest absolute Gasteiger partial charge is 0.423 e. The first-order chi connectivity index (χ1) is 18.2. The molecular weight excluding hydrogens is 558 g/mol. The Bertz CT molecular complexity index is 1430. The number of esters is 1. The van der Waals surface area contributed by atoms with Gasteiger partial charge in [-0.2, -0.15) is 0 Å². The highest BCUT2D eigenvalue weighted by Crippen LogP contribution is 2.47. The maximum atomic E-state index is 13.4. The summed E-state index contributed by atoms with van der Waals surface area (Å²) >= 11 is 3.35. The van der Waals surface area contributed by atoms with Crippen LogP contribution in [-0.2, 0) is 14.4 Å². The smallest absolute Gasteiger partial charge is 0.336 e. The number of non-ortho nitro benzene ring substituents is 1. The quantitative estimate of drug-likeness (QED) is 0.131. The molecule has 1 heterocycles. The number of barbiturate groups is 1. The van der Waals surface area contributed by atoms with Gasteiger partial charge < -0.3 is 4.74 Å². The molecule has 1 saturated heterocycles. The summed E-state index contributed by atoms with van der Waals surface area (Å²) in [7, 11) is 0. The Balaban J connectivity index is 1.38. The molecule has 3 aliphatic rings. The van der Waals surface area contributed by atoms with E-state index in [4.69, 9.17) is 4.74 Å². The van der Waals surface area contributed by atoms with Crippen molar-refractivity contribution in [1.29, 1.82) is 0 Å². The number of benzene rings is 2. The molecule has 1 N–H and O–H groups in total. The molecule has 0 unspecified atom stereocenters. The lowest BCUT2D eigenvalue weighted by atomic mass is 9.93. The maximum absolute atomic E-state index is 13.4. The molecule has 0 radical (unpaired) electrons. The third-order valence-corrected chi connectivity index (χ3v) is 7.63. The first-order valence-corrected chi connectivity index (χ1v) is 12.8. The fourth-order valence-electron chi connectivity index (χ4n) is 5.43. The summed E-state index contributed by atoms with van der Waals surface area (Å²) in [6.45, 7) is 0. The number of amides is 4. The van der Waals surface area contributed by atoms with Gasteiger partial charge in [-0.1, -0.05) is 34.5 Å². The molecule has 2 aromatic carbocycles. The topological polar surface area (TPSA) is 136 Å². The van der Waals surface area contributed by atoms with Gasteiger partial charge in [0.15, 0.2) is 0 Å². The van der Waals surface area contributed by atoms with Crippen LogP contribution in [0.4, 0.5) is 10.5 Å². The zero-order valence-corrected chi connectivity index (χ0v) is 21.6. The van der Waals surface area contributed by atoms with Crippen LogP contribution in [0.5, 0.6) is 5.75 Å². The predicted octanol–water partition coefficient (Wildman–Crippen LogP) is 4.63. The predicted molar refractivity (Wildman–Crippen MR) is 140 cm³/mol. The Morgan fingerprint density at radius 1 is 1.13 bits per heavy atom. The molecule has 11 heteroatoms. The molecule has 0 spiro atoms. The Labute approximate surface area is 225 Å². The maximum Gasteiger partial charge on any atom is 0.336 e. The minimum atomic E-state index is -0.817. The van der Waals surface area contributed by atoms with Gasteiger partial charge >= 0.3 is 12.0 Å². The first kappa shape index (κ1) is 25.5. The van der Waals surface area contributed by atoms with Crippen LogP contribution in [0, 0.1) is 22.0 Å². The number of carbonyl (C=O) groups excluding carboxylic acids is 4. The third-order valence-electron chi connectivity index (χ3n) is 7.14. The number of nitro groups is 1. The van der Waals surface area contributed by atoms with E-state index >= 15 is 0 Å². The minimum Gasteiger partial charge on any atom is -0.423 e. The van der Waals surface area contributed by atoms with Crippen LogP contribution in [-0.4, -0.2) is 39.7 Å². The van der Waals surface area contributed by atoms with Crippen LogP contribution < -0.4 is 10.1 Å². The molecule has 2 saturated carbocycles. The number of urea groups is 1. The van der Waals surface area contributed by atoms with Gasteiger partial charge in [0.25, 0.3) is 17.5 Å². The van der Waals surface area contributed by atoms with Gasteiger partial charge in [0.1, 0.15) is 11.3 Å². The van der Waals surface area contributed by atoms with E-state index < -0.39 is 28.7 Å². The van der Waals surface area contributed by atoms with Gasteiger partial charge in [0.2, 0.25) is 0 Å². The standard InChI is InChI=1S/C27H22BrN3O7/c28-19-7-8-23(38-24(32)9-5-15-2-1-3-20(11-15)31(36)37)18(13-19)14-21-25(33)29-27(35)30(26(21)34)22-12-16-4-6-17(22)10-16/h1-3,5,7-9,11,13-14,16-17,22H,4,6,10,12H2,(H,29,33,35)/b9-5+,21-14-/t16-,17-,22+/m0/s1. The number of nitrogens with zero attached hydrogens (tertiary/aromatic N) is 2. The fourth-order valence-corrected chi connectivity index (χ4v) is 5.81. The highest BCUT2D eigenvalue weighted by atomic mass is 79.9. The Hall–Kier alpha value is -4.12. The highest BCUT2D eigenvalue weighted by molar-refractivity contribution is 9.10. The van der Waals surface area contributed by atoms with E-state index in [9.17, 15) is 29.3 Å². The molecule has 2 aromatic rings. The van der Waals surface area contributed by atoms with Crippen LogP contribution in [0.25, 0.3) is 12.2 Å². The Morgan fingerprint density at radius 3 is 2.66 bits per heavy atom. The average molecular weight is 580 g/mol. The lowest BCUT2D eigenvalue weighted by molar-refractivity contribution is -0.384. The molecular formula is C27H22BrN3O7. The van der Waals surface area contributed by atoms with Crippen molar-refractivity contribution in [3.05, 3.63) is 79.8 Å². The molecule has 2 bridgehead atoms. The van der Waals surface area contributed by atoms with Gasteiger partial charge in [-0.25, -0.2) is 9.59 Å². The lowest BCUT2D eigenvalue weighted by Gasteiger charge is -2.35. The molecule has 4 amide bonds. The van der Waals surface area contributed by atoms with Crippen molar-refractivity contribution in [2.45, 2.75) is 31.7 Å². The number of hydrogen-bond acceptors (Lipinski definition) is 7. The number of imide groups is 2. The monoisotopic (exact) mass is 579 g/mol. The van der Waals surface area contributed by atoms with Crippen molar-refractivity contribution < 1.29 is 28.8 Å². The minimum absolute atomic E-state index is 0.0818. The summed E-state index contributed by atoms with van der Waals surface area (Å²) in [6, 6.07) is 9.52. The molecule has 1 aliphatic heterocycles. The van der Waals surface area contributed by atoms with E-state index in [-0.39, 0.29) is 34.5 Å². The van der Waals surface area contributed by atoms with E-state index in [1.807, 2.05) is 0 Å². The Kier molecular flexibility index (Phi) is 6.94. The number of ether oxygens (including phenoxy) is 1. The lowest BCUT2D eigenvalue weighted by Crippen LogP contribution is -2.58.